The van der Waals surface area contributed by atoms with Crippen molar-refractivity contribution in [3.63, 3.8) is 0 Å². The third kappa shape index (κ3) is 6.14. The van der Waals surface area contributed by atoms with Gasteiger partial charge >= 0.3 is 0 Å². The van der Waals surface area contributed by atoms with Gasteiger partial charge in [0.05, 0.1) is 10.9 Å². The summed E-state index contributed by atoms with van der Waals surface area (Å²) in [5.41, 5.74) is 1.12. The lowest BCUT2D eigenvalue weighted by molar-refractivity contribution is 0.184. The van der Waals surface area contributed by atoms with E-state index in [9.17, 15) is 5.11 Å². The maximum Gasteiger partial charge on any atom is 0.191 e. The standard InChI is InChI=1S/C16H19BrClN3OS/c1-2-19-16(20-9-11-3-5-12(17)6-4-11)21-10-13(22)14-7-8-15(18)23-14/h3-8,13,22H,2,9-10H2,1H3,(H2,19,20,21). The summed E-state index contributed by atoms with van der Waals surface area (Å²) < 4.78 is 1.72. The monoisotopic (exact) mass is 415 g/mol. The van der Waals surface area contributed by atoms with Gasteiger partial charge in [-0.15, -0.1) is 11.3 Å². The lowest BCUT2D eigenvalue weighted by Gasteiger charge is -2.14. The minimum Gasteiger partial charge on any atom is -0.386 e. The molecule has 1 unspecified atom stereocenters. The SMILES string of the molecule is CCNC(=NCc1ccc(Br)cc1)NCC(O)c1ccc(Cl)s1. The van der Waals surface area contributed by atoms with E-state index in [2.05, 4.69) is 31.6 Å². The number of nitrogens with zero attached hydrogens (tertiary/aromatic N) is 1. The van der Waals surface area contributed by atoms with Crippen LogP contribution >= 0.6 is 38.9 Å². The first-order valence-corrected chi connectivity index (χ1v) is 9.27. The Labute approximate surface area is 153 Å². The van der Waals surface area contributed by atoms with E-state index in [-0.39, 0.29) is 0 Å². The molecule has 1 aromatic carbocycles. The van der Waals surface area contributed by atoms with Crippen molar-refractivity contribution in [1.29, 1.82) is 0 Å². The Balaban J connectivity index is 1.92. The number of aliphatic hydroxyl groups excluding tert-OH is 1. The molecule has 2 aromatic rings. The minimum absolute atomic E-state index is 0.378. The molecule has 23 heavy (non-hydrogen) atoms. The number of guanidine groups is 1. The van der Waals surface area contributed by atoms with Gasteiger partial charge in [0.2, 0.25) is 0 Å². The first-order valence-electron chi connectivity index (χ1n) is 7.28. The Morgan fingerprint density at radius 3 is 2.61 bits per heavy atom. The summed E-state index contributed by atoms with van der Waals surface area (Å²) >= 11 is 10.7. The van der Waals surface area contributed by atoms with Gasteiger partial charge in [0.15, 0.2) is 5.96 Å². The molecule has 2 rings (SSSR count). The van der Waals surface area contributed by atoms with Crippen LogP contribution < -0.4 is 10.6 Å². The highest BCUT2D eigenvalue weighted by atomic mass is 79.9. The van der Waals surface area contributed by atoms with E-state index < -0.39 is 6.10 Å². The minimum atomic E-state index is -0.607. The second kappa shape index (κ2) is 9.27. The molecule has 0 aliphatic heterocycles. The van der Waals surface area contributed by atoms with Crippen LogP contribution in [-0.2, 0) is 6.54 Å². The summed E-state index contributed by atoms with van der Waals surface area (Å²) in [6.07, 6.45) is -0.607. The fraction of sp³-hybridized carbons (Fsp3) is 0.312. The van der Waals surface area contributed by atoms with Crippen LogP contribution in [0, 0.1) is 0 Å². The average molecular weight is 417 g/mol. The zero-order valence-corrected chi connectivity index (χ0v) is 15.9. The number of aliphatic imine (C=N–C) groups is 1. The van der Waals surface area contributed by atoms with Crippen molar-refractivity contribution < 1.29 is 5.11 Å². The lowest BCUT2D eigenvalue weighted by atomic mass is 10.2. The van der Waals surface area contributed by atoms with Crippen LogP contribution in [0.1, 0.15) is 23.5 Å². The summed E-state index contributed by atoms with van der Waals surface area (Å²) in [6, 6.07) is 11.7. The Kier molecular flexibility index (Phi) is 7.36. The molecule has 1 aromatic heterocycles. The smallest absolute Gasteiger partial charge is 0.191 e. The number of nitrogens with one attached hydrogen (secondary N) is 2. The third-order valence-electron chi connectivity index (χ3n) is 3.06. The van der Waals surface area contributed by atoms with Crippen molar-refractivity contribution in [3.05, 3.63) is 55.6 Å². The highest BCUT2D eigenvalue weighted by Gasteiger charge is 2.10. The zero-order chi connectivity index (χ0) is 16.7. The van der Waals surface area contributed by atoms with E-state index >= 15 is 0 Å². The van der Waals surface area contributed by atoms with E-state index in [1.807, 2.05) is 37.3 Å². The number of rotatable bonds is 6. The number of hydrogen-bond acceptors (Lipinski definition) is 3. The predicted molar refractivity (Wildman–Crippen MR) is 101 cm³/mol. The highest BCUT2D eigenvalue weighted by molar-refractivity contribution is 9.10. The fourth-order valence-corrected chi connectivity index (χ4v) is 3.21. The topological polar surface area (TPSA) is 56.7 Å². The van der Waals surface area contributed by atoms with E-state index in [4.69, 9.17) is 11.6 Å². The quantitative estimate of drug-likeness (QED) is 0.493. The normalized spacial score (nSPS) is 13.0. The molecule has 1 atom stereocenters. The third-order valence-corrected chi connectivity index (χ3v) is 4.92. The molecule has 0 spiro atoms. The van der Waals surface area contributed by atoms with Crippen LogP contribution in [0.15, 0.2) is 45.9 Å². The number of thiophene rings is 1. The van der Waals surface area contributed by atoms with E-state index in [0.717, 1.165) is 21.5 Å². The van der Waals surface area contributed by atoms with Crippen LogP contribution in [0.3, 0.4) is 0 Å². The fourth-order valence-electron chi connectivity index (χ4n) is 1.90. The van der Waals surface area contributed by atoms with Gasteiger partial charge in [0, 0.05) is 22.4 Å². The van der Waals surface area contributed by atoms with Gasteiger partial charge in [0.25, 0.3) is 0 Å². The molecule has 4 nitrogen and oxygen atoms in total. The van der Waals surface area contributed by atoms with Crippen LogP contribution in [0.25, 0.3) is 0 Å². The maximum absolute atomic E-state index is 10.2. The summed E-state index contributed by atoms with van der Waals surface area (Å²) in [4.78, 5) is 5.37. The van der Waals surface area contributed by atoms with E-state index in [1.54, 1.807) is 6.07 Å². The summed E-state index contributed by atoms with van der Waals surface area (Å²) in [5.74, 6) is 0.678. The van der Waals surface area contributed by atoms with Gasteiger partial charge in [0.1, 0.15) is 6.10 Å². The maximum atomic E-state index is 10.2. The molecule has 124 valence electrons. The van der Waals surface area contributed by atoms with Crippen molar-refractivity contribution in [2.45, 2.75) is 19.6 Å². The first kappa shape index (κ1) is 18.3. The lowest BCUT2D eigenvalue weighted by Crippen LogP contribution is -2.39. The van der Waals surface area contributed by atoms with Gasteiger partial charge in [-0.05, 0) is 36.8 Å². The molecule has 7 heteroatoms. The molecule has 0 fully saturated rings. The van der Waals surface area contributed by atoms with Gasteiger partial charge in [-0.3, -0.25) is 0 Å². The zero-order valence-electron chi connectivity index (χ0n) is 12.7. The molecular formula is C16H19BrClN3OS. The van der Waals surface area contributed by atoms with Crippen LogP contribution in [0.4, 0.5) is 0 Å². The first-order chi connectivity index (χ1) is 11.1. The predicted octanol–water partition coefficient (Wildman–Crippen LogP) is 3.95. The Hall–Kier alpha value is -1.08. The molecule has 0 bridgehead atoms. The van der Waals surface area contributed by atoms with Crippen molar-refractivity contribution >= 4 is 44.8 Å². The number of hydrogen-bond donors (Lipinski definition) is 3. The Morgan fingerprint density at radius 2 is 2.00 bits per heavy atom. The molecule has 0 aliphatic rings. The van der Waals surface area contributed by atoms with Gasteiger partial charge in [-0.25, -0.2) is 4.99 Å². The second-order valence-electron chi connectivity index (χ2n) is 4.86. The number of aliphatic hydroxyl groups is 1. The molecular weight excluding hydrogens is 398 g/mol. The summed E-state index contributed by atoms with van der Waals surface area (Å²) in [6.45, 7) is 3.71. The summed E-state index contributed by atoms with van der Waals surface area (Å²) in [5, 5.41) is 16.5. The van der Waals surface area contributed by atoms with Gasteiger partial charge in [-0.1, -0.05) is 39.7 Å². The van der Waals surface area contributed by atoms with Crippen molar-refractivity contribution in [2.75, 3.05) is 13.1 Å². The van der Waals surface area contributed by atoms with Gasteiger partial charge < -0.3 is 15.7 Å². The second-order valence-corrected chi connectivity index (χ2v) is 7.52. The molecule has 0 aliphatic carbocycles. The average Bonchev–Trinajstić information content (AvgIpc) is 2.98. The van der Waals surface area contributed by atoms with E-state index in [0.29, 0.717) is 23.4 Å². The van der Waals surface area contributed by atoms with Crippen molar-refractivity contribution in [2.24, 2.45) is 4.99 Å². The van der Waals surface area contributed by atoms with Gasteiger partial charge in [-0.2, -0.15) is 0 Å². The van der Waals surface area contributed by atoms with Crippen molar-refractivity contribution in [1.82, 2.24) is 10.6 Å². The molecule has 0 amide bonds. The number of benzene rings is 1. The van der Waals surface area contributed by atoms with Crippen LogP contribution in [-0.4, -0.2) is 24.2 Å². The molecule has 0 radical (unpaired) electrons. The molecule has 1 heterocycles. The van der Waals surface area contributed by atoms with Crippen molar-refractivity contribution in [3.8, 4) is 0 Å². The summed E-state index contributed by atoms with van der Waals surface area (Å²) in [7, 11) is 0. The number of halogens is 2. The van der Waals surface area contributed by atoms with Crippen LogP contribution in [0.5, 0.6) is 0 Å². The molecule has 0 saturated heterocycles. The Morgan fingerprint density at radius 1 is 1.26 bits per heavy atom. The molecule has 3 N–H and O–H groups in total. The largest absolute Gasteiger partial charge is 0.386 e. The molecule has 0 saturated carbocycles. The van der Waals surface area contributed by atoms with Crippen LogP contribution in [0.2, 0.25) is 4.34 Å². The van der Waals surface area contributed by atoms with E-state index in [1.165, 1.54) is 11.3 Å². The highest BCUT2D eigenvalue weighted by Crippen LogP contribution is 2.26. The Bertz CT molecular complexity index is 645.